The van der Waals surface area contributed by atoms with Gasteiger partial charge in [-0.05, 0) is 0 Å². The molecule has 6 heteroatoms. The van der Waals surface area contributed by atoms with Crippen LogP contribution in [-0.4, -0.2) is 52.7 Å². The largest absolute Gasteiger partial charge is 0.394 e. The number of amidine groups is 1. The summed E-state index contributed by atoms with van der Waals surface area (Å²) < 4.78 is 5.51. The fourth-order valence-electron chi connectivity index (χ4n) is 1.66. The van der Waals surface area contributed by atoms with Crippen molar-refractivity contribution in [3.05, 3.63) is 0 Å². The Morgan fingerprint density at radius 1 is 1.71 bits per heavy atom. The van der Waals surface area contributed by atoms with Gasteiger partial charge in [-0.15, -0.1) is 0 Å². The Morgan fingerprint density at radius 3 is 3.14 bits per heavy atom. The van der Waals surface area contributed by atoms with Crippen molar-refractivity contribution in [2.75, 3.05) is 13.7 Å². The molecule has 1 saturated heterocycles. The van der Waals surface area contributed by atoms with E-state index in [0.717, 1.165) is 5.17 Å². The van der Waals surface area contributed by atoms with Crippen molar-refractivity contribution in [2.24, 2.45) is 4.99 Å². The Labute approximate surface area is 86.6 Å². The molecule has 0 aromatic heterocycles. The zero-order valence-corrected chi connectivity index (χ0v) is 8.70. The van der Waals surface area contributed by atoms with Gasteiger partial charge >= 0.3 is 0 Å². The van der Waals surface area contributed by atoms with Gasteiger partial charge in [0.2, 0.25) is 0 Å². The summed E-state index contributed by atoms with van der Waals surface area (Å²) in [6, 6.07) is 0.0141. The van der Waals surface area contributed by atoms with Crippen molar-refractivity contribution in [3.63, 3.8) is 0 Å². The SMILES string of the molecule is CNC1=N[C@@H]2C[C@H](O)[C@@H](CO)O[C@@H]2S1. The molecule has 0 aromatic carbocycles. The van der Waals surface area contributed by atoms with Gasteiger partial charge in [0.1, 0.15) is 11.5 Å². The summed E-state index contributed by atoms with van der Waals surface area (Å²) in [7, 11) is 1.81. The molecule has 80 valence electrons. The first kappa shape index (κ1) is 10.2. The molecule has 0 aromatic rings. The fraction of sp³-hybridized carbons (Fsp3) is 0.875. The lowest BCUT2D eigenvalue weighted by atomic mass is 10.0. The fourth-order valence-corrected chi connectivity index (χ4v) is 2.72. The number of thioether (sulfide) groups is 1. The maximum absolute atomic E-state index is 9.59. The quantitative estimate of drug-likeness (QED) is 0.534. The minimum atomic E-state index is -0.609. The van der Waals surface area contributed by atoms with Crippen LogP contribution in [0.1, 0.15) is 6.42 Å². The smallest absolute Gasteiger partial charge is 0.159 e. The number of rotatable bonds is 1. The van der Waals surface area contributed by atoms with Crippen LogP contribution < -0.4 is 5.32 Å². The van der Waals surface area contributed by atoms with Crippen molar-refractivity contribution in [1.29, 1.82) is 0 Å². The van der Waals surface area contributed by atoms with Crippen molar-refractivity contribution in [3.8, 4) is 0 Å². The molecule has 5 nitrogen and oxygen atoms in total. The van der Waals surface area contributed by atoms with Crippen LogP contribution in [-0.2, 0) is 4.74 Å². The van der Waals surface area contributed by atoms with Crippen LogP contribution in [0.3, 0.4) is 0 Å². The van der Waals surface area contributed by atoms with Gasteiger partial charge in [-0.1, -0.05) is 11.8 Å². The van der Waals surface area contributed by atoms with Gasteiger partial charge < -0.3 is 20.3 Å². The average Bonchev–Trinajstić information content (AvgIpc) is 2.58. The lowest BCUT2D eigenvalue weighted by molar-refractivity contribution is -0.111. The van der Waals surface area contributed by atoms with Crippen LogP contribution in [0.4, 0.5) is 0 Å². The van der Waals surface area contributed by atoms with E-state index in [-0.39, 0.29) is 18.1 Å². The van der Waals surface area contributed by atoms with Gasteiger partial charge in [0.15, 0.2) is 5.17 Å². The lowest BCUT2D eigenvalue weighted by Crippen LogP contribution is -2.45. The number of hydrogen-bond donors (Lipinski definition) is 3. The summed E-state index contributed by atoms with van der Waals surface area (Å²) in [4.78, 5) is 4.35. The molecule has 2 aliphatic heterocycles. The molecule has 2 rings (SSSR count). The normalized spacial score (nSPS) is 41.8. The van der Waals surface area contributed by atoms with Gasteiger partial charge in [0.25, 0.3) is 0 Å². The minimum absolute atomic E-state index is 0.0141. The predicted octanol–water partition coefficient (Wildman–Crippen LogP) is -0.855. The Morgan fingerprint density at radius 2 is 2.50 bits per heavy atom. The average molecular weight is 218 g/mol. The van der Waals surface area contributed by atoms with E-state index in [4.69, 9.17) is 9.84 Å². The standard InChI is InChI=1S/C8H14N2O3S/c1-9-8-10-4-2-5(12)6(3-11)13-7(4)14-8/h4-7,11-12H,2-3H2,1H3,(H,9,10)/t4-,5+,6-,7-/m1/s1. The number of nitrogens with one attached hydrogen (secondary N) is 1. The zero-order chi connectivity index (χ0) is 10.1. The van der Waals surface area contributed by atoms with E-state index >= 15 is 0 Å². The highest BCUT2D eigenvalue weighted by Crippen LogP contribution is 2.35. The first-order valence-corrected chi connectivity index (χ1v) is 5.49. The second kappa shape index (κ2) is 4.06. The number of fused-ring (bicyclic) bond motifs is 1. The van der Waals surface area contributed by atoms with E-state index < -0.39 is 12.2 Å². The number of nitrogens with zero attached hydrogens (tertiary/aromatic N) is 1. The lowest BCUT2D eigenvalue weighted by Gasteiger charge is -2.33. The molecular weight excluding hydrogens is 204 g/mol. The summed E-state index contributed by atoms with van der Waals surface area (Å²) in [6.07, 6.45) is -0.509. The van der Waals surface area contributed by atoms with Crippen LogP contribution in [0.15, 0.2) is 4.99 Å². The number of hydrogen-bond acceptors (Lipinski definition) is 6. The second-order valence-corrected chi connectivity index (χ2v) is 4.49. The molecule has 1 fully saturated rings. The van der Waals surface area contributed by atoms with Crippen molar-refractivity contribution >= 4 is 16.9 Å². The van der Waals surface area contributed by atoms with E-state index in [1.807, 2.05) is 7.05 Å². The molecule has 0 unspecified atom stereocenters. The summed E-state index contributed by atoms with van der Waals surface area (Å²) in [5, 5.41) is 22.3. The highest BCUT2D eigenvalue weighted by atomic mass is 32.2. The summed E-state index contributed by atoms with van der Waals surface area (Å²) >= 11 is 1.51. The Hall–Kier alpha value is -0.300. The number of ether oxygens (including phenoxy) is 1. The van der Waals surface area contributed by atoms with Crippen LogP contribution in [0.5, 0.6) is 0 Å². The molecule has 3 N–H and O–H groups in total. The highest BCUT2D eigenvalue weighted by Gasteiger charge is 2.41. The third-order valence-corrected chi connectivity index (χ3v) is 3.63. The first-order chi connectivity index (χ1) is 6.74. The molecule has 2 aliphatic rings. The highest BCUT2D eigenvalue weighted by molar-refractivity contribution is 8.14. The zero-order valence-electron chi connectivity index (χ0n) is 7.88. The monoisotopic (exact) mass is 218 g/mol. The molecule has 0 spiro atoms. The molecule has 4 atom stereocenters. The molecule has 0 bridgehead atoms. The molecule has 0 radical (unpaired) electrons. The van der Waals surface area contributed by atoms with Crippen LogP contribution in [0.25, 0.3) is 0 Å². The first-order valence-electron chi connectivity index (χ1n) is 4.61. The second-order valence-electron chi connectivity index (χ2n) is 3.40. The van der Waals surface area contributed by atoms with Gasteiger partial charge in [-0.3, -0.25) is 4.99 Å². The van der Waals surface area contributed by atoms with Crippen LogP contribution in [0.2, 0.25) is 0 Å². The summed E-state index contributed by atoms with van der Waals surface area (Å²) in [5.74, 6) is 0. The van der Waals surface area contributed by atoms with Crippen molar-refractivity contribution in [2.45, 2.75) is 30.1 Å². The molecule has 2 heterocycles. The predicted molar refractivity (Wildman–Crippen MR) is 54.2 cm³/mol. The van der Waals surface area contributed by atoms with Gasteiger partial charge in [0, 0.05) is 13.5 Å². The Bertz CT molecular complexity index is 249. The van der Waals surface area contributed by atoms with Gasteiger partial charge in [0.05, 0.1) is 18.8 Å². The van der Waals surface area contributed by atoms with Crippen LogP contribution >= 0.6 is 11.8 Å². The third-order valence-electron chi connectivity index (χ3n) is 2.44. The van der Waals surface area contributed by atoms with Gasteiger partial charge in [-0.2, -0.15) is 0 Å². The maximum atomic E-state index is 9.59. The summed E-state index contributed by atoms with van der Waals surface area (Å²) in [6.45, 7) is -0.139. The summed E-state index contributed by atoms with van der Waals surface area (Å²) in [5.41, 5.74) is -0.0574. The van der Waals surface area contributed by atoms with E-state index in [1.54, 1.807) is 0 Å². The Kier molecular flexibility index (Phi) is 2.96. The Balaban J connectivity index is 2.02. The molecule has 14 heavy (non-hydrogen) atoms. The van der Waals surface area contributed by atoms with Crippen molar-refractivity contribution in [1.82, 2.24) is 5.32 Å². The molecule has 0 saturated carbocycles. The molecule has 0 amide bonds. The van der Waals surface area contributed by atoms with Crippen LogP contribution in [0, 0.1) is 0 Å². The van der Waals surface area contributed by atoms with Crippen molar-refractivity contribution < 1.29 is 14.9 Å². The van der Waals surface area contributed by atoms with E-state index in [1.165, 1.54) is 11.8 Å². The van der Waals surface area contributed by atoms with Gasteiger partial charge in [-0.25, -0.2) is 0 Å². The maximum Gasteiger partial charge on any atom is 0.159 e. The third kappa shape index (κ3) is 1.75. The number of aliphatic hydroxyl groups is 2. The van der Waals surface area contributed by atoms with E-state index in [2.05, 4.69) is 10.3 Å². The van der Waals surface area contributed by atoms with E-state index in [0.29, 0.717) is 6.42 Å². The number of aliphatic hydroxyl groups excluding tert-OH is 2. The topological polar surface area (TPSA) is 74.1 Å². The molecule has 0 aliphatic carbocycles. The minimum Gasteiger partial charge on any atom is -0.394 e. The number of aliphatic imine (C=N–C) groups is 1. The molecular formula is C8H14N2O3S. The van der Waals surface area contributed by atoms with E-state index in [9.17, 15) is 5.11 Å².